The summed E-state index contributed by atoms with van der Waals surface area (Å²) in [6, 6.07) is 0. The van der Waals surface area contributed by atoms with E-state index in [1.807, 2.05) is 6.92 Å². The molecule has 2 fully saturated rings. The average molecular weight is 254 g/mol. The first kappa shape index (κ1) is 14.3. The molecule has 18 heavy (non-hydrogen) atoms. The number of fused-ring (bicyclic) bond motifs is 1. The van der Waals surface area contributed by atoms with Crippen LogP contribution in [-0.2, 0) is 0 Å². The lowest BCUT2D eigenvalue weighted by Crippen LogP contribution is -2.57. The van der Waals surface area contributed by atoms with Crippen molar-refractivity contribution in [3.05, 3.63) is 0 Å². The molecule has 2 saturated carbocycles. The van der Waals surface area contributed by atoms with E-state index < -0.39 is 5.60 Å². The minimum Gasteiger partial charge on any atom is -0.396 e. The highest BCUT2D eigenvalue weighted by Gasteiger charge is 2.57. The monoisotopic (exact) mass is 254 g/mol. The first-order valence-electron chi connectivity index (χ1n) is 7.57. The molecule has 0 amide bonds. The maximum absolute atomic E-state index is 10.7. The molecule has 0 heterocycles. The molecule has 0 aromatic carbocycles. The second kappa shape index (κ2) is 4.49. The fourth-order valence-corrected chi connectivity index (χ4v) is 5.39. The molecule has 0 spiro atoms. The van der Waals surface area contributed by atoms with Gasteiger partial charge in [0.2, 0.25) is 0 Å². The lowest BCUT2D eigenvalue weighted by molar-refractivity contribution is -0.171. The van der Waals surface area contributed by atoms with Crippen molar-refractivity contribution < 1.29 is 10.2 Å². The van der Waals surface area contributed by atoms with Gasteiger partial charge in [-0.1, -0.05) is 27.2 Å². The fraction of sp³-hybridized carbons (Fsp3) is 1.00. The van der Waals surface area contributed by atoms with E-state index in [0.29, 0.717) is 11.3 Å². The second-order valence-electron chi connectivity index (χ2n) is 7.86. The van der Waals surface area contributed by atoms with Gasteiger partial charge in [0.15, 0.2) is 0 Å². The molecule has 0 aromatic rings. The highest BCUT2D eigenvalue weighted by Crippen LogP contribution is 2.62. The first-order chi connectivity index (χ1) is 8.24. The van der Waals surface area contributed by atoms with Crippen molar-refractivity contribution >= 4 is 0 Å². The quantitative estimate of drug-likeness (QED) is 0.793. The molecule has 2 rings (SSSR count). The zero-order valence-electron chi connectivity index (χ0n) is 12.5. The lowest BCUT2D eigenvalue weighted by atomic mass is 9.45. The summed E-state index contributed by atoms with van der Waals surface area (Å²) in [7, 11) is 0. The Balaban J connectivity index is 2.35. The van der Waals surface area contributed by atoms with Crippen LogP contribution in [-0.4, -0.2) is 22.4 Å². The summed E-state index contributed by atoms with van der Waals surface area (Å²) >= 11 is 0. The number of aliphatic hydroxyl groups excluding tert-OH is 1. The van der Waals surface area contributed by atoms with Gasteiger partial charge in [-0.3, -0.25) is 0 Å². The van der Waals surface area contributed by atoms with Crippen molar-refractivity contribution in [3.8, 4) is 0 Å². The van der Waals surface area contributed by atoms with Gasteiger partial charge in [0, 0.05) is 6.61 Å². The summed E-state index contributed by atoms with van der Waals surface area (Å²) in [6.07, 6.45) is 6.55. The normalized spacial score (nSPS) is 47.7. The van der Waals surface area contributed by atoms with Gasteiger partial charge in [0.1, 0.15) is 0 Å². The Bertz CT molecular complexity index is 308. The molecule has 106 valence electrons. The maximum atomic E-state index is 10.7. The first-order valence-corrected chi connectivity index (χ1v) is 7.57. The van der Waals surface area contributed by atoms with Crippen LogP contribution in [0.3, 0.4) is 0 Å². The molecule has 0 aromatic heterocycles. The molecule has 0 saturated heterocycles. The zero-order valence-corrected chi connectivity index (χ0v) is 12.5. The fourth-order valence-electron chi connectivity index (χ4n) is 5.39. The standard InChI is InChI=1S/C16H30O2/c1-14(2)8-5-9-15(3)12(14)6-10-16(4,18)13(15)7-11-17/h12-13,17-18H,5-11H2,1-4H3/t12?,13?,15?,16-/m1/s1. The molecule has 0 radical (unpaired) electrons. The van der Waals surface area contributed by atoms with Crippen LogP contribution in [0.2, 0.25) is 0 Å². The Hall–Kier alpha value is -0.0800. The second-order valence-corrected chi connectivity index (χ2v) is 7.86. The predicted molar refractivity (Wildman–Crippen MR) is 74.3 cm³/mol. The highest BCUT2D eigenvalue weighted by atomic mass is 16.3. The topological polar surface area (TPSA) is 40.5 Å². The van der Waals surface area contributed by atoms with E-state index in [-0.39, 0.29) is 17.9 Å². The lowest BCUT2D eigenvalue weighted by Gasteiger charge is -2.61. The summed E-state index contributed by atoms with van der Waals surface area (Å²) in [4.78, 5) is 0. The van der Waals surface area contributed by atoms with E-state index in [4.69, 9.17) is 0 Å². The van der Waals surface area contributed by atoms with Gasteiger partial charge in [-0.05, 0) is 61.7 Å². The van der Waals surface area contributed by atoms with Crippen LogP contribution in [0.1, 0.15) is 66.2 Å². The van der Waals surface area contributed by atoms with Crippen LogP contribution in [0.5, 0.6) is 0 Å². The van der Waals surface area contributed by atoms with E-state index in [9.17, 15) is 10.2 Å². The van der Waals surface area contributed by atoms with Crippen molar-refractivity contribution in [1.29, 1.82) is 0 Å². The minimum absolute atomic E-state index is 0.198. The summed E-state index contributed by atoms with van der Waals surface area (Å²) in [5.41, 5.74) is -0.00909. The van der Waals surface area contributed by atoms with Gasteiger partial charge in [-0.25, -0.2) is 0 Å². The third-order valence-electron chi connectivity index (χ3n) is 6.18. The van der Waals surface area contributed by atoms with Gasteiger partial charge in [0.25, 0.3) is 0 Å². The molecule has 2 aliphatic rings. The van der Waals surface area contributed by atoms with E-state index in [1.54, 1.807) is 0 Å². The maximum Gasteiger partial charge on any atom is 0.0654 e. The molecular weight excluding hydrogens is 224 g/mol. The van der Waals surface area contributed by atoms with Crippen LogP contribution in [0.4, 0.5) is 0 Å². The van der Waals surface area contributed by atoms with E-state index in [2.05, 4.69) is 20.8 Å². The zero-order chi connectivity index (χ0) is 13.6. The predicted octanol–water partition coefficient (Wildman–Crippen LogP) is 3.36. The van der Waals surface area contributed by atoms with E-state index >= 15 is 0 Å². The Morgan fingerprint density at radius 3 is 2.33 bits per heavy atom. The van der Waals surface area contributed by atoms with Crippen LogP contribution in [0, 0.1) is 22.7 Å². The van der Waals surface area contributed by atoms with Crippen LogP contribution in [0.25, 0.3) is 0 Å². The molecule has 3 unspecified atom stereocenters. The van der Waals surface area contributed by atoms with Crippen molar-refractivity contribution in [2.45, 2.75) is 71.8 Å². The number of hydrogen-bond donors (Lipinski definition) is 2. The number of hydrogen-bond acceptors (Lipinski definition) is 2. The largest absolute Gasteiger partial charge is 0.396 e. The van der Waals surface area contributed by atoms with Gasteiger partial charge in [-0.15, -0.1) is 0 Å². The van der Waals surface area contributed by atoms with Crippen LogP contribution < -0.4 is 0 Å². The molecule has 2 N–H and O–H groups in total. The number of rotatable bonds is 2. The van der Waals surface area contributed by atoms with Crippen LogP contribution >= 0.6 is 0 Å². The summed E-state index contributed by atoms with van der Waals surface area (Å²) < 4.78 is 0. The van der Waals surface area contributed by atoms with Crippen molar-refractivity contribution in [1.82, 2.24) is 0 Å². The van der Waals surface area contributed by atoms with Crippen LogP contribution in [0.15, 0.2) is 0 Å². The molecule has 2 aliphatic carbocycles. The summed E-state index contributed by atoms with van der Waals surface area (Å²) in [5.74, 6) is 0.934. The van der Waals surface area contributed by atoms with Crippen molar-refractivity contribution in [2.75, 3.05) is 6.61 Å². The van der Waals surface area contributed by atoms with Gasteiger partial charge >= 0.3 is 0 Å². The molecular formula is C16H30O2. The minimum atomic E-state index is -0.596. The highest BCUT2D eigenvalue weighted by molar-refractivity contribution is 5.07. The van der Waals surface area contributed by atoms with Crippen molar-refractivity contribution in [2.24, 2.45) is 22.7 Å². The molecule has 4 atom stereocenters. The van der Waals surface area contributed by atoms with E-state index in [0.717, 1.165) is 19.3 Å². The molecule has 0 aliphatic heterocycles. The Morgan fingerprint density at radius 1 is 1.06 bits per heavy atom. The number of aliphatic hydroxyl groups is 2. The Morgan fingerprint density at radius 2 is 1.72 bits per heavy atom. The Kier molecular flexibility index (Phi) is 3.57. The summed E-state index contributed by atoms with van der Waals surface area (Å²) in [6.45, 7) is 9.34. The third kappa shape index (κ3) is 2.12. The average Bonchev–Trinajstić information content (AvgIpc) is 2.22. The van der Waals surface area contributed by atoms with Gasteiger partial charge < -0.3 is 10.2 Å². The Labute approximate surface area is 112 Å². The SMILES string of the molecule is CC1(C)CCCC2(C)C1CC[C@@](C)(O)C2CCO. The van der Waals surface area contributed by atoms with Gasteiger partial charge in [-0.2, -0.15) is 0 Å². The molecule has 2 heteroatoms. The summed E-state index contributed by atoms with van der Waals surface area (Å²) in [5, 5.41) is 20.1. The molecule has 2 nitrogen and oxygen atoms in total. The smallest absolute Gasteiger partial charge is 0.0654 e. The molecule has 0 bridgehead atoms. The third-order valence-corrected chi connectivity index (χ3v) is 6.18. The van der Waals surface area contributed by atoms with Crippen molar-refractivity contribution in [3.63, 3.8) is 0 Å². The van der Waals surface area contributed by atoms with Gasteiger partial charge in [0.05, 0.1) is 5.60 Å². The van der Waals surface area contributed by atoms with E-state index in [1.165, 1.54) is 19.3 Å².